The molecule has 0 atom stereocenters. The van der Waals surface area contributed by atoms with Gasteiger partial charge in [0.25, 0.3) is 0 Å². The van der Waals surface area contributed by atoms with Crippen LogP contribution in [0.15, 0.2) is 24.9 Å². The zero-order valence-electron chi connectivity index (χ0n) is 11.4. The van der Waals surface area contributed by atoms with Gasteiger partial charge in [-0.25, -0.2) is 9.37 Å². The lowest BCUT2D eigenvalue weighted by Gasteiger charge is -2.23. The molecule has 0 saturated carbocycles. The van der Waals surface area contributed by atoms with Gasteiger partial charge in [-0.1, -0.05) is 19.9 Å². The van der Waals surface area contributed by atoms with Gasteiger partial charge in [0.15, 0.2) is 0 Å². The molecule has 0 saturated heterocycles. The fourth-order valence-corrected chi connectivity index (χ4v) is 1.72. The quantitative estimate of drug-likeness (QED) is 0.755. The molecule has 1 N–H and O–H groups in total. The van der Waals surface area contributed by atoms with Gasteiger partial charge in [-0.05, 0) is 13.0 Å². The predicted octanol–water partition coefficient (Wildman–Crippen LogP) is 2.73. The summed E-state index contributed by atoms with van der Waals surface area (Å²) in [6.07, 6.45) is 3.09. The molecule has 0 aliphatic carbocycles. The summed E-state index contributed by atoms with van der Waals surface area (Å²) in [7, 11) is 0. The third-order valence-corrected chi connectivity index (χ3v) is 2.64. The van der Waals surface area contributed by atoms with Gasteiger partial charge in [0.2, 0.25) is 0 Å². The normalized spacial score (nSPS) is 10.7. The molecule has 0 aliphatic heterocycles. The zero-order valence-corrected chi connectivity index (χ0v) is 11.4. The van der Waals surface area contributed by atoms with Crippen molar-refractivity contribution >= 4 is 5.82 Å². The third-order valence-electron chi connectivity index (χ3n) is 2.64. The highest BCUT2D eigenvalue weighted by Gasteiger charge is 2.11. The van der Waals surface area contributed by atoms with Crippen LogP contribution in [0.1, 0.15) is 26.3 Å². The minimum absolute atomic E-state index is 0.297. The SMILES string of the molecule is C=CCN(CC)c1ncc(F)cc1CNC(C)C. The van der Waals surface area contributed by atoms with E-state index in [1.165, 1.54) is 6.20 Å². The average molecular weight is 251 g/mol. The number of anilines is 1. The first kappa shape index (κ1) is 14.6. The first-order valence-electron chi connectivity index (χ1n) is 6.32. The summed E-state index contributed by atoms with van der Waals surface area (Å²) < 4.78 is 13.3. The van der Waals surface area contributed by atoms with Gasteiger partial charge in [-0.15, -0.1) is 6.58 Å². The summed E-state index contributed by atoms with van der Waals surface area (Å²) in [5, 5.41) is 3.29. The minimum atomic E-state index is -0.297. The lowest BCUT2D eigenvalue weighted by atomic mass is 10.2. The van der Waals surface area contributed by atoms with E-state index >= 15 is 0 Å². The van der Waals surface area contributed by atoms with Gasteiger partial charge < -0.3 is 10.2 Å². The van der Waals surface area contributed by atoms with Crippen LogP contribution in [0, 0.1) is 5.82 Å². The zero-order chi connectivity index (χ0) is 13.5. The minimum Gasteiger partial charge on any atom is -0.353 e. The molecule has 0 bridgehead atoms. The molecule has 18 heavy (non-hydrogen) atoms. The molecule has 1 heterocycles. The monoisotopic (exact) mass is 251 g/mol. The van der Waals surface area contributed by atoms with E-state index in [0.717, 1.165) is 17.9 Å². The number of nitrogens with one attached hydrogen (secondary N) is 1. The molecule has 4 heteroatoms. The molecule has 1 aromatic rings. The molecule has 0 unspecified atom stereocenters. The molecular formula is C14H22FN3. The van der Waals surface area contributed by atoms with E-state index in [1.54, 1.807) is 6.07 Å². The second-order valence-electron chi connectivity index (χ2n) is 4.50. The van der Waals surface area contributed by atoms with Gasteiger partial charge in [0.05, 0.1) is 6.20 Å². The van der Waals surface area contributed by atoms with Crippen molar-refractivity contribution in [1.82, 2.24) is 10.3 Å². The third kappa shape index (κ3) is 4.11. The largest absolute Gasteiger partial charge is 0.353 e. The topological polar surface area (TPSA) is 28.2 Å². The van der Waals surface area contributed by atoms with Crippen LogP contribution in [0.4, 0.5) is 10.2 Å². The summed E-state index contributed by atoms with van der Waals surface area (Å²) in [5.74, 6) is 0.529. The van der Waals surface area contributed by atoms with Crippen LogP contribution in [0.3, 0.4) is 0 Å². The number of nitrogens with zero attached hydrogens (tertiary/aromatic N) is 2. The van der Waals surface area contributed by atoms with Crippen molar-refractivity contribution < 1.29 is 4.39 Å². The fraction of sp³-hybridized carbons (Fsp3) is 0.500. The maximum Gasteiger partial charge on any atom is 0.141 e. The number of rotatable bonds is 7. The van der Waals surface area contributed by atoms with E-state index in [2.05, 4.69) is 35.6 Å². The van der Waals surface area contributed by atoms with Crippen molar-refractivity contribution in [3.8, 4) is 0 Å². The van der Waals surface area contributed by atoms with E-state index < -0.39 is 0 Å². The Balaban J connectivity index is 2.97. The van der Waals surface area contributed by atoms with Gasteiger partial charge in [-0.3, -0.25) is 0 Å². The van der Waals surface area contributed by atoms with Crippen molar-refractivity contribution in [2.75, 3.05) is 18.0 Å². The summed E-state index contributed by atoms with van der Waals surface area (Å²) in [6.45, 7) is 12.1. The van der Waals surface area contributed by atoms with Crippen molar-refractivity contribution in [3.05, 3.63) is 36.3 Å². The van der Waals surface area contributed by atoms with Crippen molar-refractivity contribution in [3.63, 3.8) is 0 Å². The van der Waals surface area contributed by atoms with E-state index in [1.807, 2.05) is 13.0 Å². The lowest BCUT2D eigenvalue weighted by molar-refractivity contribution is 0.577. The van der Waals surface area contributed by atoms with Crippen LogP contribution in [0.25, 0.3) is 0 Å². The molecular weight excluding hydrogens is 229 g/mol. The molecule has 0 aromatic carbocycles. The average Bonchev–Trinajstić information content (AvgIpc) is 2.34. The van der Waals surface area contributed by atoms with Gasteiger partial charge in [0, 0.05) is 31.2 Å². The van der Waals surface area contributed by atoms with Crippen LogP contribution in [-0.2, 0) is 6.54 Å². The Bertz CT molecular complexity index is 391. The molecule has 1 rings (SSSR count). The lowest BCUT2D eigenvalue weighted by Crippen LogP contribution is -2.28. The number of aromatic nitrogens is 1. The highest BCUT2D eigenvalue weighted by Crippen LogP contribution is 2.18. The molecule has 0 aliphatic rings. The van der Waals surface area contributed by atoms with Crippen LogP contribution < -0.4 is 10.2 Å². The van der Waals surface area contributed by atoms with Crippen molar-refractivity contribution in [2.45, 2.75) is 33.4 Å². The number of hydrogen-bond acceptors (Lipinski definition) is 3. The Morgan fingerprint density at radius 2 is 2.28 bits per heavy atom. The standard InChI is InChI=1S/C14H22FN3/c1-5-7-18(6-2)14-12(9-16-11(3)4)8-13(15)10-17-14/h5,8,10-11,16H,1,6-7,9H2,2-4H3. The Hall–Kier alpha value is -1.42. The Labute approximate surface area is 109 Å². The number of halogens is 1. The molecule has 3 nitrogen and oxygen atoms in total. The van der Waals surface area contributed by atoms with Crippen molar-refractivity contribution in [1.29, 1.82) is 0 Å². The van der Waals surface area contributed by atoms with Crippen LogP contribution in [-0.4, -0.2) is 24.1 Å². The summed E-state index contributed by atoms with van der Waals surface area (Å²) in [4.78, 5) is 6.28. The first-order valence-corrected chi connectivity index (χ1v) is 6.32. The van der Waals surface area contributed by atoms with E-state index in [9.17, 15) is 4.39 Å². The second-order valence-corrected chi connectivity index (χ2v) is 4.50. The maximum absolute atomic E-state index is 13.3. The van der Waals surface area contributed by atoms with Crippen LogP contribution in [0.5, 0.6) is 0 Å². The molecule has 0 radical (unpaired) electrons. The van der Waals surface area contributed by atoms with E-state index in [-0.39, 0.29) is 5.82 Å². The first-order chi connectivity index (χ1) is 8.58. The van der Waals surface area contributed by atoms with E-state index in [0.29, 0.717) is 19.1 Å². The van der Waals surface area contributed by atoms with Crippen LogP contribution in [0.2, 0.25) is 0 Å². The number of likely N-dealkylation sites (N-methyl/N-ethyl adjacent to an activating group) is 1. The molecule has 100 valence electrons. The highest BCUT2D eigenvalue weighted by molar-refractivity contribution is 5.47. The summed E-state index contributed by atoms with van der Waals surface area (Å²) >= 11 is 0. The summed E-state index contributed by atoms with van der Waals surface area (Å²) in [5.41, 5.74) is 0.882. The van der Waals surface area contributed by atoms with Gasteiger partial charge in [0.1, 0.15) is 11.6 Å². The highest BCUT2D eigenvalue weighted by atomic mass is 19.1. The van der Waals surface area contributed by atoms with Crippen LogP contribution >= 0.6 is 0 Å². The molecule has 0 fully saturated rings. The van der Waals surface area contributed by atoms with Crippen molar-refractivity contribution in [2.24, 2.45) is 0 Å². The van der Waals surface area contributed by atoms with E-state index in [4.69, 9.17) is 0 Å². The summed E-state index contributed by atoms with van der Waals surface area (Å²) in [6, 6.07) is 1.90. The second kappa shape index (κ2) is 7.11. The molecule has 1 aromatic heterocycles. The predicted molar refractivity (Wildman–Crippen MR) is 74.3 cm³/mol. The fourth-order valence-electron chi connectivity index (χ4n) is 1.72. The number of pyridine rings is 1. The smallest absolute Gasteiger partial charge is 0.141 e. The molecule has 0 amide bonds. The van der Waals surface area contributed by atoms with Gasteiger partial charge >= 0.3 is 0 Å². The Morgan fingerprint density at radius 1 is 1.56 bits per heavy atom. The Morgan fingerprint density at radius 3 is 2.83 bits per heavy atom. The van der Waals surface area contributed by atoms with Gasteiger partial charge in [-0.2, -0.15) is 0 Å². The Kier molecular flexibility index (Phi) is 5.78. The maximum atomic E-state index is 13.3. The number of hydrogen-bond donors (Lipinski definition) is 1. The molecule has 0 spiro atoms.